The molecule has 2 aromatic heterocycles. The van der Waals surface area contributed by atoms with Crippen molar-refractivity contribution in [3.05, 3.63) is 20.1 Å². The number of halogens is 2. The summed E-state index contributed by atoms with van der Waals surface area (Å²) >= 11 is 8.48. The standard InChI is InChI=1S/C14H18ClIN4O/c1-7(2)6-9-11(16)12(15)18-13(17-9)10-8(3)19-20(4)14(10)21-5/h7H,6H2,1-5H3. The first-order chi connectivity index (χ1) is 9.85. The second kappa shape index (κ2) is 6.48. The summed E-state index contributed by atoms with van der Waals surface area (Å²) in [6.45, 7) is 6.22. The zero-order valence-electron chi connectivity index (χ0n) is 12.7. The largest absolute Gasteiger partial charge is 0.481 e. The molecule has 0 aliphatic heterocycles. The van der Waals surface area contributed by atoms with Crippen molar-refractivity contribution in [1.29, 1.82) is 0 Å². The first kappa shape index (κ1) is 16.5. The number of hydrogen-bond acceptors (Lipinski definition) is 4. The van der Waals surface area contributed by atoms with Crippen LogP contribution in [0.4, 0.5) is 0 Å². The molecule has 0 spiro atoms. The topological polar surface area (TPSA) is 52.8 Å². The predicted molar refractivity (Wildman–Crippen MR) is 91.8 cm³/mol. The second-order valence-corrected chi connectivity index (χ2v) is 6.73. The highest BCUT2D eigenvalue weighted by Gasteiger charge is 2.21. The lowest BCUT2D eigenvalue weighted by atomic mass is 10.1. The van der Waals surface area contributed by atoms with E-state index in [4.69, 9.17) is 16.3 Å². The van der Waals surface area contributed by atoms with E-state index in [1.165, 1.54) is 0 Å². The third-order valence-corrected chi connectivity index (χ3v) is 4.79. The Morgan fingerprint density at radius 1 is 1.33 bits per heavy atom. The van der Waals surface area contributed by atoms with E-state index in [1.807, 2.05) is 14.0 Å². The van der Waals surface area contributed by atoms with Crippen molar-refractivity contribution in [3.63, 3.8) is 0 Å². The van der Waals surface area contributed by atoms with Crippen molar-refractivity contribution in [2.45, 2.75) is 27.2 Å². The zero-order valence-corrected chi connectivity index (χ0v) is 15.7. The van der Waals surface area contributed by atoms with Crippen LogP contribution in [0.5, 0.6) is 5.88 Å². The third kappa shape index (κ3) is 3.31. The summed E-state index contributed by atoms with van der Waals surface area (Å²) in [6, 6.07) is 0. The molecule has 0 N–H and O–H groups in total. The van der Waals surface area contributed by atoms with Gasteiger partial charge in [-0.05, 0) is 41.9 Å². The molecule has 0 unspecified atom stereocenters. The Balaban J connectivity index is 2.62. The molecule has 0 radical (unpaired) electrons. The van der Waals surface area contributed by atoms with Crippen molar-refractivity contribution in [2.75, 3.05) is 7.11 Å². The van der Waals surface area contributed by atoms with Crippen LogP contribution < -0.4 is 4.74 Å². The minimum atomic E-state index is 0.474. The molecule has 0 amide bonds. The van der Waals surface area contributed by atoms with Crippen molar-refractivity contribution >= 4 is 34.2 Å². The van der Waals surface area contributed by atoms with Crippen LogP contribution in [0.1, 0.15) is 25.2 Å². The number of nitrogens with zero attached hydrogens (tertiary/aromatic N) is 4. The van der Waals surface area contributed by atoms with Gasteiger partial charge in [0.05, 0.1) is 22.1 Å². The van der Waals surface area contributed by atoms with Crippen molar-refractivity contribution < 1.29 is 4.74 Å². The number of methoxy groups -OCH3 is 1. The van der Waals surface area contributed by atoms with E-state index in [2.05, 4.69) is 51.5 Å². The molecule has 21 heavy (non-hydrogen) atoms. The average molecular weight is 421 g/mol. The smallest absolute Gasteiger partial charge is 0.222 e. The molecule has 114 valence electrons. The van der Waals surface area contributed by atoms with Gasteiger partial charge in [0, 0.05) is 7.05 Å². The van der Waals surface area contributed by atoms with Gasteiger partial charge in [0.15, 0.2) is 5.82 Å². The maximum atomic E-state index is 6.28. The average Bonchev–Trinajstić information content (AvgIpc) is 2.68. The van der Waals surface area contributed by atoms with Crippen LogP contribution in [0.25, 0.3) is 11.4 Å². The van der Waals surface area contributed by atoms with E-state index in [1.54, 1.807) is 11.8 Å². The van der Waals surface area contributed by atoms with Gasteiger partial charge in [0.1, 0.15) is 10.7 Å². The molecule has 0 saturated heterocycles. The highest BCUT2D eigenvalue weighted by Crippen LogP contribution is 2.32. The Morgan fingerprint density at radius 3 is 2.57 bits per heavy atom. The summed E-state index contributed by atoms with van der Waals surface area (Å²) in [4.78, 5) is 9.10. The van der Waals surface area contributed by atoms with Crippen LogP contribution in [0.3, 0.4) is 0 Å². The Bertz CT molecular complexity index is 669. The minimum absolute atomic E-state index is 0.474. The number of ether oxygens (including phenoxy) is 1. The molecule has 0 bridgehead atoms. The van der Waals surface area contributed by atoms with Gasteiger partial charge in [-0.15, -0.1) is 0 Å². The van der Waals surface area contributed by atoms with Gasteiger partial charge < -0.3 is 4.74 Å². The van der Waals surface area contributed by atoms with E-state index < -0.39 is 0 Å². The summed E-state index contributed by atoms with van der Waals surface area (Å²) < 4.78 is 8.01. The van der Waals surface area contributed by atoms with Gasteiger partial charge in [-0.2, -0.15) is 5.10 Å². The lowest BCUT2D eigenvalue weighted by molar-refractivity contribution is 0.374. The van der Waals surface area contributed by atoms with Crippen molar-refractivity contribution in [1.82, 2.24) is 19.7 Å². The van der Waals surface area contributed by atoms with E-state index in [9.17, 15) is 0 Å². The molecule has 2 heterocycles. The Morgan fingerprint density at radius 2 is 2.00 bits per heavy atom. The molecule has 2 rings (SSSR count). The first-order valence-electron chi connectivity index (χ1n) is 6.65. The van der Waals surface area contributed by atoms with Gasteiger partial charge >= 0.3 is 0 Å². The summed E-state index contributed by atoms with van der Waals surface area (Å²) in [5.74, 6) is 1.70. The Labute approximate surface area is 143 Å². The zero-order chi connectivity index (χ0) is 15.7. The fourth-order valence-corrected chi connectivity index (χ4v) is 2.88. The highest BCUT2D eigenvalue weighted by molar-refractivity contribution is 14.1. The van der Waals surface area contributed by atoms with Crippen LogP contribution in [0, 0.1) is 16.4 Å². The molecule has 0 aliphatic rings. The molecular formula is C14H18ClIN4O. The van der Waals surface area contributed by atoms with Gasteiger partial charge in [0.2, 0.25) is 5.88 Å². The third-order valence-electron chi connectivity index (χ3n) is 3.07. The maximum absolute atomic E-state index is 6.28. The SMILES string of the molecule is COc1c(-c2nc(Cl)c(I)c(CC(C)C)n2)c(C)nn1C. The van der Waals surface area contributed by atoms with Gasteiger partial charge in [-0.1, -0.05) is 25.4 Å². The molecule has 0 atom stereocenters. The molecule has 0 aliphatic carbocycles. The number of hydrogen-bond donors (Lipinski definition) is 0. The summed E-state index contributed by atoms with van der Waals surface area (Å²) in [5, 5.41) is 4.84. The molecule has 0 aromatic carbocycles. The maximum Gasteiger partial charge on any atom is 0.222 e. The fourth-order valence-electron chi connectivity index (χ4n) is 2.23. The van der Waals surface area contributed by atoms with Gasteiger partial charge in [0.25, 0.3) is 0 Å². The molecule has 7 heteroatoms. The molecule has 2 aromatic rings. The van der Waals surface area contributed by atoms with Crippen LogP contribution in [-0.2, 0) is 13.5 Å². The molecule has 5 nitrogen and oxygen atoms in total. The highest BCUT2D eigenvalue weighted by atomic mass is 127. The van der Waals surface area contributed by atoms with Crippen molar-refractivity contribution in [3.8, 4) is 17.3 Å². The Hall–Kier alpha value is -0.890. The normalized spacial score (nSPS) is 11.2. The number of aromatic nitrogens is 4. The molecule has 0 fully saturated rings. The lowest BCUT2D eigenvalue weighted by Crippen LogP contribution is -2.05. The Kier molecular flexibility index (Phi) is 5.08. The summed E-state index contributed by atoms with van der Waals surface area (Å²) in [6.07, 6.45) is 0.856. The van der Waals surface area contributed by atoms with E-state index in [0.717, 1.165) is 26.9 Å². The predicted octanol–water partition coefficient (Wildman–Crippen LogP) is 3.65. The summed E-state index contributed by atoms with van der Waals surface area (Å²) in [7, 11) is 3.45. The number of rotatable bonds is 4. The van der Waals surface area contributed by atoms with Crippen LogP contribution in [0.15, 0.2) is 0 Å². The van der Waals surface area contributed by atoms with Crippen LogP contribution in [0.2, 0.25) is 5.15 Å². The minimum Gasteiger partial charge on any atom is -0.481 e. The van der Waals surface area contributed by atoms with E-state index in [0.29, 0.717) is 22.8 Å². The van der Waals surface area contributed by atoms with Crippen LogP contribution in [-0.4, -0.2) is 26.9 Å². The molecular weight excluding hydrogens is 403 g/mol. The first-order valence-corrected chi connectivity index (χ1v) is 8.10. The van der Waals surface area contributed by atoms with Gasteiger partial charge in [-0.25, -0.2) is 14.6 Å². The van der Waals surface area contributed by atoms with Crippen molar-refractivity contribution in [2.24, 2.45) is 13.0 Å². The fraction of sp³-hybridized carbons (Fsp3) is 0.500. The quantitative estimate of drug-likeness (QED) is 0.560. The summed E-state index contributed by atoms with van der Waals surface area (Å²) in [5.41, 5.74) is 2.58. The molecule has 0 saturated carbocycles. The van der Waals surface area contributed by atoms with Crippen LogP contribution >= 0.6 is 34.2 Å². The monoisotopic (exact) mass is 420 g/mol. The lowest BCUT2D eigenvalue weighted by Gasteiger charge is -2.11. The van der Waals surface area contributed by atoms with E-state index in [-0.39, 0.29) is 0 Å². The van der Waals surface area contributed by atoms with Gasteiger partial charge in [-0.3, -0.25) is 0 Å². The second-order valence-electron chi connectivity index (χ2n) is 5.29. The van der Waals surface area contributed by atoms with E-state index >= 15 is 0 Å². The number of aryl methyl sites for hydroxylation is 2.